The summed E-state index contributed by atoms with van der Waals surface area (Å²) in [5.74, 6) is 0.346. The number of aromatic nitrogens is 2. The number of hydrogen-bond donors (Lipinski definition) is 1. The average molecular weight is 274 g/mol. The van der Waals surface area contributed by atoms with Crippen molar-refractivity contribution in [3.05, 3.63) is 53.3 Å². The van der Waals surface area contributed by atoms with Crippen molar-refractivity contribution in [1.29, 1.82) is 0 Å². The molecule has 3 rings (SSSR count). The molecule has 0 saturated heterocycles. The van der Waals surface area contributed by atoms with Crippen molar-refractivity contribution in [2.45, 2.75) is 0 Å². The van der Waals surface area contributed by atoms with Gasteiger partial charge >= 0.3 is 0 Å². The first-order valence-corrected chi connectivity index (χ1v) is 6.00. The largest absolute Gasteiger partial charge is 0.383 e. The van der Waals surface area contributed by atoms with Crippen molar-refractivity contribution in [1.82, 2.24) is 9.97 Å². The molecule has 19 heavy (non-hydrogen) atoms. The number of para-hydroxylation sites is 1. The number of benzene rings is 2. The quantitative estimate of drug-likeness (QED) is 0.736. The van der Waals surface area contributed by atoms with Crippen LogP contribution in [0.1, 0.15) is 0 Å². The summed E-state index contributed by atoms with van der Waals surface area (Å²) in [6.45, 7) is 0. The molecule has 0 aliphatic rings. The predicted molar refractivity (Wildman–Crippen MR) is 74.4 cm³/mol. The van der Waals surface area contributed by atoms with Gasteiger partial charge in [-0.1, -0.05) is 23.7 Å². The SMILES string of the molecule is Nc1nc(-c2ccc(F)c(Cl)c2)nc2ccccc12. The van der Waals surface area contributed by atoms with Crippen molar-refractivity contribution in [3.63, 3.8) is 0 Å². The number of fused-ring (bicyclic) bond motifs is 1. The zero-order valence-corrected chi connectivity index (χ0v) is 10.5. The van der Waals surface area contributed by atoms with Crippen LogP contribution >= 0.6 is 11.6 Å². The summed E-state index contributed by atoms with van der Waals surface area (Å²) in [5, 5.41) is 0.826. The molecule has 0 radical (unpaired) electrons. The lowest BCUT2D eigenvalue weighted by Crippen LogP contribution is -1.97. The molecule has 0 unspecified atom stereocenters. The third-order valence-electron chi connectivity index (χ3n) is 2.81. The molecule has 0 aliphatic carbocycles. The molecule has 0 aliphatic heterocycles. The highest BCUT2D eigenvalue weighted by atomic mass is 35.5. The molecule has 1 aromatic heterocycles. The van der Waals surface area contributed by atoms with E-state index in [0.717, 1.165) is 10.9 Å². The maximum atomic E-state index is 13.1. The lowest BCUT2D eigenvalue weighted by molar-refractivity contribution is 0.628. The van der Waals surface area contributed by atoms with E-state index in [4.69, 9.17) is 17.3 Å². The first-order valence-electron chi connectivity index (χ1n) is 5.63. The summed E-state index contributed by atoms with van der Waals surface area (Å²) in [6.07, 6.45) is 0. The maximum Gasteiger partial charge on any atom is 0.162 e. The summed E-state index contributed by atoms with van der Waals surface area (Å²) < 4.78 is 13.1. The minimum atomic E-state index is -0.473. The van der Waals surface area contributed by atoms with Crippen LogP contribution in [-0.2, 0) is 0 Å². The number of nitrogen functional groups attached to an aromatic ring is 1. The van der Waals surface area contributed by atoms with E-state index in [2.05, 4.69) is 9.97 Å². The summed E-state index contributed by atoms with van der Waals surface area (Å²) in [7, 11) is 0. The second-order valence-corrected chi connectivity index (χ2v) is 4.49. The van der Waals surface area contributed by atoms with Crippen molar-refractivity contribution in [2.24, 2.45) is 0 Å². The van der Waals surface area contributed by atoms with Crippen molar-refractivity contribution in [3.8, 4) is 11.4 Å². The smallest absolute Gasteiger partial charge is 0.162 e. The van der Waals surface area contributed by atoms with Gasteiger partial charge in [0.25, 0.3) is 0 Å². The highest BCUT2D eigenvalue weighted by molar-refractivity contribution is 6.31. The van der Waals surface area contributed by atoms with Gasteiger partial charge in [-0.2, -0.15) is 0 Å². The fourth-order valence-corrected chi connectivity index (χ4v) is 2.05. The van der Waals surface area contributed by atoms with Gasteiger partial charge in [0, 0.05) is 10.9 Å². The van der Waals surface area contributed by atoms with Gasteiger partial charge < -0.3 is 5.73 Å². The minimum Gasteiger partial charge on any atom is -0.383 e. The maximum absolute atomic E-state index is 13.1. The average Bonchev–Trinajstić information content (AvgIpc) is 2.42. The molecule has 0 atom stereocenters. The van der Waals surface area contributed by atoms with E-state index in [1.807, 2.05) is 24.3 Å². The highest BCUT2D eigenvalue weighted by Crippen LogP contribution is 2.25. The Labute approximate surface area is 113 Å². The number of hydrogen-bond acceptors (Lipinski definition) is 3. The van der Waals surface area contributed by atoms with E-state index in [-0.39, 0.29) is 5.02 Å². The van der Waals surface area contributed by atoms with E-state index >= 15 is 0 Å². The normalized spacial score (nSPS) is 10.8. The van der Waals surface area contributed by atoms with Crippen LogP contribution < -0.4 is 5.73 Å². The first kappa shape index (κ1) is 11.9. The number of anilines is 1. The molecule has 2 aromatic carbocycles. The fraction of sp³-hybridized carbons (Fsp3) is 0. The van der Waals surface area contributed by atoms with Crippen LogP contribution in [0.4, 0.5) is 10.2 Å². The molecular formula is C14H9ClFN3. The highest BCUT2D eigenvalue weighted by Gasteiger charge is 2.09. The Morgan fingerprint density at radius 2 is 1.84 bits per heavy atom. The number of nitrogens with zero attached hydrogens (tertiary/aromatic N) is 2. The van der Waals surface area contributed by atoms with E-state index in [9.17, 15) is 4.39 Å². The zero-order chi connectivity index (χ0) is 13.4. The molecule has 0 fully saturated rings. The van der Waals surface area contributed by atoms with Crippen LogP contribution in [0.5, 0.6) is 0 Å². The monoisotopic (exact) mass is 273 g/mol. The van der Waals surface area contributed by atoms with Gasteiger partial charge in [-0.15, -0.1) is 0 Å². The van der Waals surface area contributed by atoms with Gasteiger partial charge in [0.15, 0.2) is 5.82 Å². The molecule has 0 saturated carbocycles. The molecule has 5 heteroatoms. The van der Waals surface area contributed by atoms with Gasteiger partial charge in [0.1, 0.15) is 11.6 Å². The topological polar surface area (TPSA) is 51.8 Å². The summed E-state index contributed by atoms with van der Waals surface area (Å²) in [6, 6.07) is 11.8. The first-order chi connectivity index (χ1) is 9.15. The van der Waals surface area contributed by atoms with Crippen molar-refractivity contribution in [2.75, 3.05) is 5.73 Å². The van der Waals surface area contributed by atoms with Gasteiger partial charge in [-0.05, 0) is 30.3 Å². The standard InChI is InChI=1S/C14H9ClFN3/c15-10-7-8(5-6-11(10)16)14-18-12-4-2-1-3-9(12)13(17)19-14/h1-7H,(H2,17,18,19). The van der Waals surface area contributed by atoms with Crippen molar-refractivity contribution >= 4 is 28.3 Å². The number of halogens is 2. The van der Waals surface area contributed by atoms with Gasteiger partial charge in [-0.25, -0.2) is 14.4 Å². The zero-order valence-electron chi connectivity index (χ0n) is 9.77. The third kappa shape index (κ3) is 2.11. The molecule has 94 valence electrons. The Kier molecular flexibility index (Phi) is 2.80. The molecule has 3 nitrogen and oxygen atoms in total. The lowest BCUT2D eigenvalue weighted by Gasteiger charge is -2.06. The second-order valence-electron chi connectivity index (χ2n) is 4.08. The molecule has 2 N–H and O–H groups in total. The fourth-order valence-electron chi connectivity index (χ4n) is 1.87. The lowest BCUT2D eigenvalue weighted by atomic mass is 10.2. The Morgan fingerprint density at radius 3 is 2.63 bits per heavy atom. The van der Waals surface area contributed by atoms with Crippen molar-refractivity contribution < 1.29 is 4.39 Å². The van der Waals surface area contributed by atoms with Crippen LogP contribution in [0, 0.1) is 5.82 Å². The summed E-state index contributed by atoms with van der Waals surface area (Å²) in [4.78, 5) is 8.63. The Balaban J connectivity index is 2.22. The van der Waals surface area contributed by atoms with Gasteiger partial charge in [0.05, 0.1) is 10.5 Å². The van der Waals surface area contributed by atoms with E-state index in [0.29, 0.717) is 17.2 Å². The molecule has 1 heterocycles. The van der Waals surface area contributed by atoms with Crippen LogP contribution in [-0.4, -0.2) is 9.97 Å². The molecular weight excluding hydrogens is 265 g/mol. The molecule has 3 aromatic rings. The molecule has 0 spiro atoms. The third-order valence-corrected chi connectivity index (χ3v) is 3.10. The van der Waals surface area contributed by atoms with Crippen LogP contribution in [0.2, 0.25) is 5.02 Å². The van der Waals surface area contributed by atoms with Crippen LogP contribution in [0.3, 0.4) is 0 Å². The van der Waals surface area contributed by atoms with E-state index in [1.165, 1.54) is 12.1 Å². The second kappa shape index (κ2) is 4.48. The molecule has 0 amide bonds. The minimum absolute atomic E-state index is 0.0350. The summed E-state index contributed by atoms with van der Waals surface area (Å²) >= 11 is 5.76. The van der Waals surface area contributed by atoms with E-state index < -0.39 is 5.82 Å². The predicted octanol–water partition coefficient (Wildman–Crippen LogP) is 3.67. The number of nitrogens with two attached hydrogens (primary N) is 1. The summed E-state index contributed by atoms with van der Waals surface area (Å²) in [5.41, 5.74) is 7.27. The number of rotatable bonds is 1. The van der Waals surface area contributed by atoms with Gasteiger partial charge in [-0.3, -0.25) is 0 Å². The Bertz CT molecular complexity index is 774. The Hall–Kier alpha value is -2.20. The van der Waals surface area contributed by atoms with Gasteiger partial charge in [0.2, 0.25) is 0 Å². The Morgan fingerprint density at radius 1 is 1.05 bits per heavy atom. The van der Waals surface area contributed by atoms with E-state index in [1.54, 1.807) is 6.07 Å². The van der Waals surface area contributed by atoms with Crippen LogP contribution in [0.15, 0.2) is 42.5 Å². The molecule has 0 bridgehead atoms. The van der Waals surface area contributed by atoms with Crippen LogP contribution in [0.25, 0.3) is 22.3 Å².